The van der Waals surface area contributed by atoms with E-state index in [-0.39, 0.29) is 29.8 Å². The molecular weight excluding hydrogens is 917 g/mol. The maximum absolute atomic E-state index is 8.73. The van der Waals surface area contributed by atoms with Crippen LogP contribution in [0.2, 0.25) is 5.04 Å². The van der Waals surface area contributed by atoms with Crippen LogP contribution in [0.1, 0.15) is 240 Å². The van der Waals surface area contributed by atoms with E-state index in [9.17, 15) is 0 Å². The Hall–Kier alpha value is -2.62. The Morgan fingerprint density at radius 3 is 1.26 bits per heavy atom. The van der Waals surface area contributed by atoms with E-state index >= 15 is 0 Å². The highest BCUT2D eigenvalue weighted by Gasteiger charge is 2.50. The number of benzene rings is 2. The van der Waals surface area contributed by atoms with Crippen molar-refractivity contribution < 1.29 is 28.5 Å². The molecule has 1 N–H and O–H groups in total. The summed E-state index contributed by atoms with van der Waals surface area (Å²) in [5.74, 6) is 0. The summed E-state index contributed by atoms with van der Waals surface area (Å²) in [6.45, 7) is 14.4. The largest absolute Gasteiger partial charge is 0.407 e. The molecule has 0 radical (unpaired) electrons. The van der Waals surface area contributed by atoms with Crippen molar-refractivity contribution >= 4 is 18.7 Å². The fourth-order valence-electron chi connectivity index (χ4n) is 10.1. The van der Waals surface area contributed by atoms with Crippen LogP contribution in [0, 0.1) is 0 Å². The van der Waals surface area contributed by atoms with Crippen molar-refractivity contribution in [3.8, 4) is 0 Å². The van der Waals surface area contributed by atoms with Crippen LogP contribution < -0.4 is 10.4 Å². The molecule has 2 heterocycles. The molecule has 0 aliphatic carbocycles. The molecule has 2 aromatic rings. The standard InChI is InChI=1S/C41H64O3Si.C25H46O3/c1-5-6-28-37(44-40-34-25-27-35-42-40)29-20-16-14-12-10-8-7-9-11-13-15-17-26-36-43-45(41(2,3)4,38-30-21-18-22-31-38)39-32-23-19-24-33-39;1-2-3-19-24(28-25-21-16-18-23-27-25)20-15-13-11-9-7-5-4-6-8-10-12-14-17-22-26/h11,13,18-24,29-33,37,40H,5-10,12,14-17,25-28,34-36H2,1-4H3;8,10,15,20,24-26H,2-7,9,11-14,16-19,21-23H2,1H3/b13-11-,29-20-;10-8-,20-15-/t37-,40?;24-,25?/m11/s1. The normalized spacial score (nSPS) is 17.7. The van der Waals surface area contributed by atoms with Gasteiger partial charge < -0.3 is 28.5 Å². The van der Waals surface area contributed by atoms with Crippen molar-refractivity contribution in [2.75, 3.05) is 26.4 Å². The second-order valence-corrected chi connectivity index (χ2v) is 26.2. The van der Waals surface area contributed by atoms with Crippen molar-refractivity contribution in [1.29, 1.82) is 0 Å². The number of aliphatic hydroxyl groups excluding tert-OH is 1. The lowest BCUT2D eigenvalue weighted by atomic mass is 10.1. The summed E-state index contributed by atoms with van der Waals surface area (Å²) in [6, 6.07) is 22.0. The SMILES string of the molecule is CCCC[C@H](/C=C\CCCCCCC/C=C\CCCCO)OC1CCCCO1.CCCC[C@H](/C=C\CCCCCCC/C=C\CCCCO[Si](c1ccccc1)(c1ccccc1)C(C)(C)C)OC1CCCCO1. The Morgan fingerprint density at radius 2 is 0.890 bits per heavy atom. The molecule has 73 heavy (non-hydrogen) atoms. The summed E-state index contributed by atoms with van der Waals surface area (Å²) in [7, 11) is -2.41. The third-order valence-electron chi connectivity index (χ3n) is 14.4. The predicted molar refractivity (Wildman–Crippen MR) is 316 cm³/mol. The summed E-state index contributed by atoms with van der Waals surface area (Å²) in [5.41, 5.74) is 0. The monoisotopic (exact) mass is 1030 g/mol. The molecule has 4 rings (SSSR count). The second kappa shape index (κ2) is 43.5. The van der Waals surface area contributed by atoms with Crippen LogP contribution in [-0.4, -0.2) is 64.6 Å². The lowest BCUT2D eigenvalue weighted by molar-refractivity contribution is -0.179. The number of hydrogen-bond acceptors (Lipinski definition) is 6. The molecule has 2 fully saturated rings. The van der Waals surface area contributed by atoms with Gasteiger partial charge in [-0.15, -0.1) is 0 Å². The average Bonchev–Trinajstić information content (AvgIpc) is 3.41. The first-order valence-electron chi connectivity index (χ1n) is 30.4. The van der Waals surface area contributed by atoms with Gasteiger partial charge in [-0.1, -0.05) is 208 Å². The molecule has 414 valence electrons. The minimum atomic E-state index is -2.41. The molecule has 4 atom stereocenters. The Morgan fingerprint density at radius 1 is 0.507 bits per heavy atom. The van der Waals surface area contributed by atoms with Crippen LogP contribution in [0.15, 0.2) is 109 Å². The summed E-state index contributed by atoms with van der Waals surface area (Å²) in [6.07, 6.45) is 57.6. The summed E-state index contributed by atoms with van der Waals surface area (Å²) < 4.78 is 31.0. The highest BCUT2D eigenvalue weighted by Crippen LogP contribution is 2.37. The molecule has 2 aliphatic rings. The highest BCUT2D eigenvalue weighted by molar-refractivity contribution is 6.99. The van der Waals surface area contributed by atoms with E-state index in [1.54, 1.807) is 0 Å². The molecule has 2 aliphatic heterocycles. The molecule has 2 saturated heterocycles. The van der Waals surface area contributed by atoms with Gasteiger partial charge in [0.1, 0.15) is 0 Å². The average molecular weight is 1030 g/mol. The van der Waals surface area contributed by atoms with Gasteiger partial charge >= 0.3 is 0 Å². The van der Waals surface area contributed by atoms with E-state index in [0.717, 1.165) is 84.0 Å². The zero-order valence-electron chi connectivity index (χ0n) is 47.6. The molecule has 7 heteroatoms. The summed E-state index contributed by atoms with van der Waals surface area (Å²) in [4.78, 5) is 0. The van der Waals surface area contributed by atoms with Crippen molar-refractivity contribution in [3.63, 3.8) is 0 Å². The van der Waals surface area contributed by atoms with Gasteiger partial charge in [-0.05, 0) is 157 Å². The van der Waals surface area contributed by atoms with E-state index in [0.29, 0.717) is 6.61 Å². The number of ether oxygens (including phenoxy) is 4. The van der Waals surface area contributed by atoms with Crippen LogP contribution in [0.25, 0.3) is 0 Å². The third-order valence-corrected chi connectivity index (χ3v) is 19.5. The number of aliphatic hydroxyl groups is 1. The van der Waals surface area contributed by atoms with E-state index in [2.05, 4.69) is 144 Å². The zero-order valence-corrected chi connectivity index (χ0v) is 48.6. The Kier molecular flexibility index (Phi) is 38.5. The van der Waals surface area contributed by atoms with E-state index in [1.807, 2.05) is 0 Å². The zero-order chi connectivity index (χ0) is 52.2. The van der Waals surface area contributed by atoms with Gasteiger partial charge in [0.2, 0.25) is 0 Å². The molecule has 0 saturated carbocycles. The first-order chi connectivity index (χ1) is 35.8. The van der Waals surface area contributed by atoms with Crippen LogP contribution in [0.5, 0.6) is 0 Å². The molecule has 0 spiro atoms. The molecular formula is C66H110O6Si. The Bertz CT molecular complexity index is 1600. The smallest absolute Gasteiger partial charge is 0.261 e. The topological polar surface area (TPSA) is 66.4 Å². The molecule has 2 aromatic carbocycles. The van der Waals surface area contributed by atoms with Crippen molar-refractivity contribution in [2.24, 2.45) is 0 Å². The van der Waals surface area contributed by atoms with Gasteiger partial charge in [0, 0.05) is 26.4 Å². The maximum atomic E-state index is 8.73. The Labute approximate surface area is 450 Å². The lowest BCUT2D eigenvalue weighted by Crippen LogP contribution is -2.66. The maximum Gasteiger partial charge on any atom is 0.261 e. The summed E-state index contributed by atoms with van der Waals surface area (Å²) >= 11 is 0. The predicted octanol–water partition coefficient (Wildman–Crippen LogP) is 17.8. The fourth-order valence-corrected chi connectivity index (χ4v) is 14.7. The highest BCUT2D eigenvalue weighted by atomic mass is 28.4. The minimum Gasteiger partial charge on any atom is -0.407 e. The molecule has 0 amide bonds. The second-order valence-electron chi connectivity index (χ2n) is 21.9. The summed E-state index contributed by atoms with van der Waals surface area (Å²) in [5, 5.41) is 11.5. The minimum absolute atomic E-state index is 0.00778. The first-order valence-corrected chi connectivity index (χ1v) is 32.3. The molecule has 2 unspecified atom stereocenters. The van der Waals surface area contributed by atoms with Crippen molar-refractivity contribution in [2.45, 2.75) is 270 Å². The fraction of sp³-hybridized carbons (Fsp3) is 0.697. The number of hydrogen-bond donors (Lipinski definition) is 1. The lowest BCUT2D eigenvalue weighted by Gasteiger charge is -2.43. The van der Waals surface area contributed by atoms with Gasteiger partial charge in [0.05, 0.1) is 12.2 Å². The van der Waals surface area contributed by atoms with Gasteiger partial charge in [-0.2, -0.15) is 0 Å². The number of allylic oxidation sites excluding steroid dienone is 6. The van der Waals surface area contributed by atoms with E-state index in [4.69, 9.17) is 28.5 Å². The van der Waals surface area contributed by atoms with Gasteiger partial charge in [0.15, 0.2) is 12.6 Å². The van der Waals surface area contributed by atoms with Crippen LogP contribution in [-0.2, 0) is 23.4 Å². The molecule has 0 bridgehead atoms. The van der Waals surface area contributed by atoms with Crippen LogP contribution in [0.3, 0.4) is 0 Å². The van der Waals surface area contributed by atoms with Gasteiger partial charge in [-0.3, -0.25) is 0 Å². The van der Waals surface area contributed by atoms with Crippen LogP contribution >= 0.6 is 0 Å². The number of unbranched alkanes of at least 4 members (excludes halogenated alkanes) is 18. The van der Waals surface area contributed by atoms with Crippen molar-refractivity contribution in [3.05, 3.63) is 109 Å². The van der Waals surface area contributed by atoms with E-state index in [1.165, 1.54) is 152 Å². The number of rotatable bonds is 40. The third kappa shape index (κ3) is 30.0. The van der Waals surface area contributed by atoms with Gasteiger partial charge in [-0.25, -0.2) is 0 Å². The van der Waals surface area contributed by atoms with Gasteiger partial charge in [0.25, 0.3) is 8.32 Å². The van der Waals surface area contributed by atoms with Crippen LogP contribution in [0.4, 0.5) is 0 Å². The quantitative estimate of drug-likeness (QED) is 0.0408. The Balaban J connectivity index is 0.000000431. The van der Waals surface area contributed by atoms with Crippen molar-refractivity contribution in [1.82, 2.24) is 0 Å². The molecule has 6 nitrogen and oxygen atoms in total. The van der Waals surface area contributed by atoms with E-state index < -0.39 is 8.32 Å². The first kappa shape index (κ1) is 64.7. The molecule has 0 aromatic heterocycles.